The van der Waals surface area contributed by atoms with Crippen LogP contribution in [0, 0.1) is 0 Å². The van der Waals surface area contributed by atoms with Crippen molar-refractivity contribution in [2.45, 2.75) is 90.9 Å². The molecule has 3 N–H and O–H groups in total. The van der Waals surface area contributed by atoms with Gasteiger partial charge in [0.05, 0.1) is 5.69 Å². The lowest BCUT2D eigenvalue weighted by Gasteiger charge is -2.15. The molecule has 0 aliphatic heterocycles. The maximum Gasteiger partial charge on any atom is 0.140 e. The summed E-state index contributed by atoms with van der Waals surface area (Å²) in [7, 11) is 0. The molecule has 3 nitrogen and oxygen atoms in total. The van der Waals surface area contributed by atoms with E-state index in [4.69, 9.17) is 0 Å². The summed E-state index contributed by atoms with van der Waals surface area (Å²) in [6.07, 6.45) is 15.5. The van der Waals surface area contributed by atoms with E-state index < -0.39 is 0 Å². The fraction of sp³-hybridized carbons (Fsp3) is 0.727. The summed E-state index contributed by atoms with van der Waals surface area (Å²) in [5.74, 6) is 0.346. The smallest absolute Gasteiger partial charge is 0.140 e. The van der Waals surface area contributed by atoms with Crippen LogP contribution < -0.4 is 10.6 Å². The number of para-hydroxylation sites is 1. The Balaban J connectivity index is 2.26. The number of nitrogens with one attached hydrogen (secondary N) is 2. The highest BCUT2D eigenvalue weighted by atomic mass is 16.3. The first-order valence-electron chi connectivity index (χ1n) is 10.6. The van der Waals surface area contributed by atoms with E-state index in [0.717, 1.165) is 30.9 Å². The van der Waals surface area contributed by atoms with Crippen LogP contribution in [0.1, 0.15) is 90.9 Å². The van der Waals surface area contributed by atoms with E-state index in [1.165, 1.54) is 70.6 Å². The standard InChI is InChI=1S/C22H40N2O/c1-3-5-7-9-11-13-18-23-20-16-15-17-21(25)22(20)24-19-14-12-10-8-6-4-2/h15-17,23-25H,3-14,18-19H2,1-2H3. The molecule has 1 aromatic rings. The van der Waals surface area contributed by atoms with Gasteiger partial charge >= 0.3 is 0 Å². The van der Waals surface area contributed by atoms with E-state index in [2.05, 4.69) is 30.5 Å². The summed E-state index contributed by atoms with van der Waals surface area (Å²) >= 11 is 0. The first-order chi connectivity index (χ1) is 12.3. The summed E-state index contributed by atoms with van der Waals surface area (Å²) in [5, 5.41) is 17.1. The first kappa shape index (κ1) is 21.7. The fourth-order valence-electron chi connectivity index (χ4n) is 3.12. The van der Waals surface area contributed by atoms with Crippen LogP contribution in [0.25, 0.3) is 0 Å². The topological polar surface area (TPSA) is 44.3 Å². The molecule has 0 amide bonds. The Hall–Kier alpha value is -1.38. The first-order valence-corrected chi connectivity index (χ1v) is 10.6. The Kier molecular flexibility index (Phi) is 12.9. The molecule has 0 saturated carbocycles. The van der Waals surface area contributed by atoms with E-state index in [1.807, 2.05) is 6.07 Å². The number of anilines is 2. The SMILES string of the molecule is CCCCCCCCNc1cccc(O)c1NCCCCCCCC. The van der Waals surface area contributed by atoms with Gasteiger partial charge in [0, 0.05) is 13.1 Å². The van der Waals surface area contributed by atoms with Gasteiger partial charge in [-0.2, -0.15) is 0 Å². The van der Waals surface area contributed by atoms with Crippen LogP contribution >= 0.6 is 0 Å². The fourth-order valence-corrected chi connectivity index (χ4v) is 3.12. The third-order valence-electron chi connectivity index (χ3n) is 4.72. The maximum atomic E-state index is 10.2. The largest absolute Gasteiger partial charge is 0.506 e. The molecule has 144 valence electrons. The van der Waals surface area contributed by atoms with Gasteiger partial charge in [-0.25, -0.2) is 0 Å². The second kappa shape index (κ2) is 14.9. The highest BCUT2D eigenvalue weighted by Crippen LogP contribution is 2.31. The predicted molar refractivity (Wildman–Crippen MR) is 112 cm³/mol. The van der Waals surface area contributed by atoms with Crippen molar-refractivity contribution in [2.24, 2.45) is 0 Å². The molecule has 0 aromatic heterocycles. The second-order valence-corrected chi connectivity index (χ2v) is 7.09. The van der Waals surface area contributed by atoms with Gasteiger partial charge in [0.25, 0.3) is 0 Å². The molecule has 0 saturated heterocycles. The highest BCUT2D eigenvalue weighted by molar-refractivity contribution is 5.75. The summed E-state index contributed by atoms with van der Waals surface area (Å²) in [6, 6.07) is 5.73. The van der Waals surface area contributed by atoms with Crippen LogP contribution in [0.3, 0.4) is 0 Å². The normalized spacial score (nSPS) is 10.8. The number of phenolic OH excluding ortho intramolecular Hbond substituents is 1. The Morgan fingerprint density at radius 2 is 1.20 bits per heavy atom. The van der Waals surface area contributed by atoms with E-state index in [1.54, 1.807) is 6.07 Å². The lowest BCUT2D eigenvalue weighted by atomic mass is 10.1. The molecule has 1 rings (SSSR count). The van der Waals surface area contributed by atoms with Crippen molar-refractivity contribution < 1.29 is 5.11 Å². The number of aromatic hydroxyl groups is 1. The summed E-state index contributed by atoms with van der Waals surface area (Å²) < 4.78 is 0. The molecule has 0 spiro atoms. The van der Waals surface area contributed by atoms with Crippen LogP contribution in [-0.2, 0) is 0 Å². The van der Waals surface area contributed by atoms with Crippen LogP contribution in [0.2, 0.25) is 0 Å². The average molecular weight is 349 g/mol. The monoisotopic (exact) mass is 348 g/mol. The van der Waals surface area contributed by atoms with Gasteiger partial charge in [0.2, 0.25) is 0 Å². The Morgan fingerprint density at radius 1 is 0.680 bits per heavy atom. The minimum Gasteiger partial charge on any atom is -0.506 e. The molecule has 3 heteroatoms. The lowest BCUT2D eigenvalue weighted by Crippen LogP contribution is -2.08. The van der Waals surface area contributed by atoms with Gasteiger partial charge in [-0.15, -0.1) is 0 Å². The number of unbranched alkanes of at least 4 members (excludes halogenated alkanes) is 10. The molecule has 0 fully saturated rings. The lowest BCUT2D eigenvalue weighted by molar-refractivity contribution is 0.477. The minimum absolute atomic E-state index is 0.346. The molecule has 0 aliphatic carbocycles. The Labute approximate surface area is 155 Å². The molecule has 0 aliphatic rings. The van der Waals surface area contributed by atoms with Gasteiger partial charge in [-0.1, -0.05) is 84.1 Å². The number of phenols is 1. The quantitative estimate of drug-likeness (QED) is 0.224. The van der Waals surface area contributed by atoms with Crippen molar-refractivity contribution in [3.05, 3.63) is 18.2 Å². The van der Waals surface area contributed by atoms with Crippen LogP contribution in [0.15, 0.2) is 18.2 Å². The second-order valence-electron chi connectivity index (χ2n) is 7.09. The van der Waals surface area contributed by atoms with Gasteiger partial charge in [0.1, 0.15) is 11.4 Å². The third kappa shape index (κ3) is 10.3. The number of hydrogen-bond donors (Lipinski definition) is 3. The Bertz CT molecular complexity index is 434. The van der Waals surface area contributed by atoms with E-state index in [0.29, 0.717) is 5.75 Å². The van der Waals surface area contributed by atoms with E-state index in [-0.39, 0.29) is 0 Å². The van der Waals surface area contributed by atoms with Crippen molar-refractivity contribution in [2.75, 3.05) is 23.7 Å². The molecular formula is C22H40N2O. The number of hydrogen-bond acceptors (Lipinski definition) is 3. The van der Waals surface area contributed by atoms with Crippen molar-refractivity contribution in [3.63, 3.8) is 0 Å². The van der Waals surface area contributed by atoms with Gasteiger partial charge in [-0.05, 0) is 25.0 Å². The maximum absolute atomic E-state index is 10.2. The predicted octanol–water partition coefficient (Wildman–Crippen LogP) is 6.94. The zero-order chi connectivity index (χ0) is 18.2. The summed E-state index contributed by atoms with van der Waals surface area (Å²) in [6.45, 7) is 6.40. The van der Waals surface area contributed by atoms with Crippen molar-refractivity contribution in [1.29, 1.82) is 0 Å². The van der Waals surface area contributed by atoms with Crippen LogP contribution in [0.5, 0.6) is 5.75 Å². The molecule has 1 aromatic carbocycles. The molecule has 0 radical (unpaired) electrons. The van der Waals surface area contributed by atoms with Crippen LogP contribution in [-0.4, -0.2) is 18.2 Å². The third-order valence-corrected chi connectivity index (χ3v) is 4.72. The molecule has 0 heterocycles. The van der Waals surface area contributed by atoms with Crippen molar-refractivity contribution in [1.82, 2.24) is 0 Å². The number of benzene rings is 1. The number of rotatable bonds is 16. The molecule has 0 unspecified atom stereocenters. The van der Waals surface area contributed by atoms with E-state index >= 15 is 0 Å². The van der Waals surface area contributed by atoms with Gasteiger partial charge in [0.15, 0.2) is 0 Å². The van der Waals surface area contributed by atoms with Crippen molar-refractivity contribution >= 4 is 11.4 Å². The minimum atomic E-state index is 0.346. The van der Waals surface area contributed by atoms with E-state index in [9.17, 15) is 5.11 Å². The molecule has 25 heavy (non-hydrogen) atoms. The van der Waals surface area contributed by atoms with Gasteiger partial charge < -0.3 is 15.7 Å². The molecular weight excluding hydrogens is 308 g/mol. The molecule has 0 atom stereocenters. The Morgan fingerprint density at radius 3 is 1.80 bits per heavy atom. The van der Waals surface area contributed by atoms with Gasteiger partial charge in [-0.3, -0.25) is 0 Å². The van der Waals surface area contributed by atoms with Crippen LogP contribution in [0.4, 0.5) is 11.4 Å². The summed E-state index contributed by atoms with van der Waals surface area (Å²) in [5.41, 5.74) is 1.89. The molecule has 0 bridgehead atoms. The average Bonchev–Trinajstić information content (AvgIpc) is 2.62. The zero-order valence-electron chi connectivity index (χ0n) is 16.6. The zero-order valence-corrected chi connectivity index (χ0v) is 16.6. The summed E-state index contributed by atoms with van der Waals surface area (Å²) in [4.78, 5) is 0. The van der Waals surface area contributed by atoms with Crippen molar-refractivity contribution in [3.8, 4) is 5.75 Å². The highest BCUT2D eigenvalue weighted by Gasteiger charge is 2.06.